The Morgan fingerprint density at radius 1 is 1.17 bits per heavy atom. The quantitative estimate of drug-likeness (QED) is 0.857. The molecule has 98 valence electrons. The van der Waals surface area contributed by atoms with Crippen molar-refractivity contribution < 1.29 is 4.79 Å². The normalized spacial score (nSPS) is 25.7. The molecule has 2 aliphatic heterocycles. The van der Waals surface area contributed by atoms with Gasteiger partial charge in [0.1, 0.15) is 0 Å². The van der Waals surface area contributed by atoms with E-state index in [1.165, 1.54) is 0 Å². The van der Waals surface area contributed by atoms with E-state index in [-0.39, 0.29) is 18.3 Å². The van der Waals surface area contributed by atoms with Crippen molar-refractivity contribution in [3.8, 4) is 0 Å². The predicted octanol–water partition coefficient (Wildman–Crippen LogP) is 2.05. The molecule has 3 rings (SSSR count). The van der Waals surface area contributed by atoms with E-state index in [0.717, 1.165) is 31.7 Å². The Bertz CT molecular complexity index is 423. The van der Waals surface area contributed by atoms with Gasteiger partial charge in [-0.2, -0.15) is 0 Å². The van der Waals surface area contributed by atoms with Crippen LogP contribution >= 0.6 is 24.0 Å². The van der Waals surface area contributed by atoms with Gasteiger partial charge in [-0.15, -0.1) is 12.4 Å². The molecule has 0 aliphatic carbocycles. The summed E-state index contributed by atoms with van der Waals surface area (Å²) in [4.78, 5) is 14.2. The third-order valence-electron chi connectivity index (χ3n) is 3.77. The third-order valence-corrected chi connectivity index (χ3v) is 4.02. The number of benzene rings is 1. The van der Waals surface area contributed by atoms with Gasteiger partial charge in [0, 0.05) is 36.8 Å². The molecule has 0 bridgehead atoms. The predicted molar refractivity (Wildman–Crippen MR) is 74.5 cm³/mol. The fourth-order valence-electron chi connectivity index (χ4n) is 2.80. The Morgan fingerprint density at radius 3 is 2.28 bits per heavy atom. The highest BCUT2D eigenvalue weighted by atomic mass is 35.5. The van der Waals surface area contributed by atoms with Gasteiger partial charge in [0.15, 0.2) is 0 Å². The number of nitrogens with zero attached hydrogens (tertiary/aromatic N) is 1. The highest BCUT2D eigenvalue weighted by Crippen LogP contribution is 2.27. The Kier molecular flexibility index (Phi) is 4.15. The number of rotatable bonds is 1. The molecule has 1 aromatic rings. The van der Waals surface area contributed by atoms with Crippen LogP contribution in [0.4, 0.5) is 0 Å². The second-order valence-electron chi connectivity index (χ2n) is 4.90. The lowest BCUT2D eigenvalue weighted by molar-refractivity contribution is 0.0781. The van der Waals surface area contributed by atoms with E-state index in [1.807, 2.05) is 4.90 Å². The van der Waals surface area contributed by atoms with Gasteiger partial charge in [-0.1, -0.05) is 11.6 Å². The van der Waals surface area contributed by atoms with Crippen LogP contribution in [0.25, 0.3) is 0 Å². The Labute approximate surface area is 118 Å². The van der Waals surface area contributed by atoms with Gasteiger partial charge < -0.3 is 10.2 Å². The first-order chi connectivity index (χ1) is 8.24. The van der Waals surface area contributed by atoms with Crippen LogP contribution in [0.3, 0.4) is 0 Å². The van der Waals surface area contributed by atoms with Crippen LogP contribution in [0.2, 0.25) is 5.02 Å². The number of carbonyl (C=O) groups is 1. The number of fused-ring (bicyclic) bond motifs is 1. The molecule has 1 N–H and O–H groups in total. The molecule has 1 aromatic carbocycles. The van der Waals surface area contributed by atoms with Crippen molar-refractivity contribution in [3.63, 3.8) is 0 Å². The number of hydrogen-bond acceptors (Lipinski definition) is 2. The van der Waals surface area contributed by atoms with E-state index < -0.39 is 0 Å². The number of nitrogens with one attached hydrogen (secondary N) is 1. The second kappa shape index (κ2) is 5.47. The molecule has 0 unspecified atom stereocenters. The third kappa shape index (κ3) is 2.48. The summed E-state index contributed by atoms with van der Waals surface area (Å²) in [7, 11) is 0. The average molecular weight is 287 g/mol. The molecule has 0 aromatic heterocycles. The zero-order valence-corrected chi connectivity index (χ0v) is 11.5. The van der Waals surface area contributed by atoms with Crippen molar-refractivity contribution in [2.24, 2.45) is 11.8 Å². The van der Waals surface area contributed by atoms with Crippen LogP contribution in [0.5, 0.6) is 0 Å². The van der Waals surface area contributed by atoms with Gasteiger partial charge in [0.05, 0.1) is 0 Å². The van der Waals surface area contributed by atoms with Crippen LogP contribution in [0.15, 0.2) is 24.3 Å². The molecule has 0 saturated carbocycles. The minimum Gasteiger partial charge on any atom is -0.338 e. The van der Waals surface area contributed by atoms with Crippen molar-refractivity contribution >= 4 is 29.9 Å². The standard InChI is InChI=1S/C13H15ClN2O.ClH/c14-12-3-1-9(2-4-12)13(17)16-7-10-5-15-6-11(10)8-16;/h1-4,10-11,15H,5-8H2;1H/t10-,11+;. The number of amides is 1. The first-order valence-corrected chi connectivity index (χ1v) is 6.37. The van der Waals surface area contributed by atoms with Gasteiger partial charge in [0.2, 0.25) is 0 Å². The lowest BCUT2D eigenvalue weighted by Crippen LogP contribution is -2.31. The molecular weight excluding hydrogens is 271 g/mol. The van der Waals surface area contributed by atoms with E-state index >= 15 is 0 Å². The fourth-order valence-corrected chi connectivity index (χ4v) is 2.92. The largest absolute Gasteiger partial charge is 0.338 e. The number of likely N-dealkylation sites (tertiary alicyclic amines) is 1. The summed E-state index contributed by atoms with van der Waals surface area (Å²) < 4.78 is 0. The highest BCUT2D eigenvalue weighted by Gasteiger charge is 2.38. The van der Waals surface area contributed by atoms with Gasteiger partial charge >= 0.3 is 0 Å². The summed E-state index contributed by atoms with van der Waals surface area (Å²) in [6.07, 6.45) is 0. The first kappa shape index (κ1) is 13.7. The van der Waals surface area contributed by atoms with Gasteiger partial charge in [-0.25, -0.2) is 0 Å². The van der Waals surface area contributed by atoms with Crippen molar-refractivity contribution in [2.45, 2.75) is 0 Å². The Balaban J connectivity index is 0.00000120. The molecule has 2 atom stereocenters. The maximum absolute atomic E-state index is 12.3. The maximum atomic E-state index is 12.3. The fraction of sp³-hybridized carbons (Fsp3) is 0.462. The molecular formula is C13H16Cl2N2O. The van der Waals surface area contributed by atoms with E-state index in [4.69, 9.17) is 11.6 Å². The van der Waals surface area contributed by atoms with Crippen LogP contribution in [0, 0.1) is 11.8 Å². The van der Waals surface area contributed by atoms with Crippen LogP contribution in [-0.4, -0.2) is 37.0 Å². The number of hydrogen-bond donors (Lipinski definition) is 1. The molecule has 2 saturated heterocycles. The molecule has 3 nitrogen and oxygen atoms in total. The van der Waals surface area contributed by atoms with E-state index in [1.54, 1.807) is 24.3 Å². The zero-order chi connectivity index (χ0) is 11.8. The second-order valence-corrected chi connectivity index (χ2v) is 5.33. The zero-order valence-electron chi connectivity index (χ0n) is 9.93. The van der Waals surface area contributed by atoms with Crippen molar-refractivity contribution in [2.75, 3.05) is 26.2 Å². The van der Waals surface area contributed by atoms with E-state index in [2.05, 4.69) is 5.32 Å². The summed E-state index contributed by atoms with van der Waals surface area (Å²) in [6.45, 7) is 3.88. The lowest BCUT2D eigenvalue weighted by Gasteiger charge is -2.17. The molecule has 0 radical (unpaired) electrons. The Morgan fingerprint density at radius 2 is 1.72 bits per heavy atom. The van der Waals surface area contributed by atoms with Crippen LogP contribution in [-0.2, 0) is 0 Å². The smallest absolute Gasteiger partial charge is 0.253 e. The maximum Gasteiger partial charge on any atom is 0.253 e. The minimum atomic E-state index is 0. The van der Waals surface area contributed by atoms with Gasteiger partial charge in [0.25, 0.3) is 5.91 Å². The number of carbonyl (C=O) groups excluding carboxylic acids is 1. The van der Waals surface area contributed by atoms with Crippen LogP contribution < -0.4 is 5.32 Å². The summed E-state index contributed by atoms with van der Waals surface area (Å²) in [5.74, 6) is 1.42. The molecule has 5 heteroatoms. The minimum absolute atomic E-state index is 0. The lowest BCUT2D eigenvalue weighted by atomic mass is 10.0. The SMILES string of the molecule is Cl.O=C(c1ccc(Cl)cc1)N1C[C@H]2CNC[C@H]2C1. The summed E-state index contributed by atoms with van der Waals surface area (Å²) in [6, 6.07) is 7.15. The van der Waals surface area contributed by atoms with Crippen molar-refractivity contribution in [3.05, 3.63) is 34.9 Å². The van der Waals surface area contributed by atoms with Crippen LogP contribution in [0.1, 0.15) is 10.4 Å². The summed E-state index contributed by atoms with van der Waals surface area (Å²) in [5.41, 5.74) is 0.738. The molecule has 1 amide bonds. The summed E-state index contributed by atoms with van der Waals surface area (Å²) in [5, 5.41) is 4.05. The first-order valence-electron chi connectivity index (χ1n) is 5.99. The van der Waals surface area contributed by atoms with E-state index in [0.29, 0.717) is 16.9 Å². The molecule has 18 heavy (non-hydrogen) atoms. The van der Waals surface area contributed by atoms with Gasteiger partial charge in [-0.05, 0) is 36.1 Å². The average Bonchev–Trinajstić information content (AvgIpc) is 2.89. The molecule has 2 heterocycles. The Hall–Kier alpha value is -0.770. The van der Waals surface area contributed by atoms with Crippen molar-refractivity contribution in [1.82, 2.24) is 10.2 Å². The highest BCUT2D eigenvalue weighted by molar-refractivity contribution is 6.30. The monoisotopic (exact) mass is 286 g/mol. The topological polar surface area (TPSA) is 32.3 Å². The van der Waals surface area contributed by atoms with Crippen molar-refractivity contribution in [1.29, 1.82) is 0 Å². The summed E-state index contributed by atoms with van der Waals surface area (Å²) >= 11 is 5.82. The number of halogens is 2. The molecule has 0 spiro atoms. The molecule has 2 aliphatic rings. The van der Waals surface area contributed by atoms with Gasteiger partial charge in [-0.3, -0.25) is 4.79 Å². The molecule has 2 fully saturated rings. The van der Waals surface area contributed by atoms with E-state index in [9.17, 15) is 4.79 Å².